The highest BCUT2D eigenvalue weighted by Gasteiger charge is 2.41. The van der Waals surface area contributed by atoms with Gasteiger partial charge in [0.15, 0.2) is 48.8 Å². The van der Waals surface area contributed by atoms with Gasteiger partial charge in [0, 0.05) is 43.8 Å². The monoisotopic (exact) mass is 951 g/mol. The van der Waals surface area contributed by atoms with Gasteiger partial charge in [0.25, 0.3) is 11.8 Å². The minimum Gasteiger partial charge on any atom is -0.451 e. The van der Waals surface area contributed by atoms with Crippen molar-refractivity contribution in [2.24, 2.45) is 4.99 Å². The molecule has 2 aromatic rings. The van der Waals surface area contributed by atoms with Gasteiger partial charge in [-0.1, -0.05) is 0 Å². The van der Waals surface area contributed by atoms with Gasteiger partial charge in [-0.05, 0) is 83.5 Å². The highest BCUT2D eigenvalue weighted by molar-refractivity contribution is 9.10. The van der Waals surface area contributed by atoms with E-state index in [-0.39, 0.29) is 24.7 Å². The van der Waals surface area contributed by atoms with E-state index < -0.39 is 108 Å². The van der Waals surface area contributed by atoms with E-state index in [1.54, 1.807) is 0 Å². The Morgan fingerprint density at radius 2 is 0.825 bits per heavy atom. The molecule has 1 aliphatic rings. The van der Waals surface area contributed by atoms with Gasteiger partial charge in [0.1, 0.15) is 5.52 Å². The fraction of sp³-hybridized carbons (Fsp3) is 0.513. The lowest BCUT2D eigenvalue weighted by atomic mass is 10.2. The zero-order valence-electron chi connectivity index (χ0n) is 35.8. The first-order valence-corrected chi connectivity index (χ1v) is 19.9. The normalized spacial score (nSPS) is 16.1. The number of halogens is 1. The third-order valence-corrected chi connectivity index (χ3v) is 9.04. The van der Waals surface area contributed by atoms with Crippen molar-refractivity contribution in [1.29, 1.82) is 0 Å². The van der Waals surface area contributed by atoms with Crippen molar-refractivity contribution < 1.29 is 85.8 Å². The van der Waals surface area contributed by atoms with Crippen LogP contribution in [0.25, 0.3) is 11.0 Å². The maximum absolute atomic E-state index is 13.9. The van der Waals surface area contributed by atoms with E-state index in [0.717, 1.165) is 51.3 Å². The molecule has 63 heavy (non-hydrogen) atoms. The van der Waals surface area contributed by atoms with Crippen molar-refractivity contribution in [2.45, 2.75) is 118 Å². The van der Waals surface area contributed by atoms with Gasteiger partial charge in [-0.25, -0.2) is 33.8 Å². The lowest BCUT2D eigenvalue weighted by molar-refractivity contribution is -0.183. The number of ether oxygens (including phenoxy) is 8. The molecule has 0 radical (unpaired) electrons. The fourth-order valence-corrected chi connectivity index (χ4v) is 5.77. The van der Waals surface area contributed by atoms with Crippen molar-refractivity contribution in [2.75, 3.05) is 13.1 Å². The van der Waals surface area contributed by atoms with Gasteiger partial charge < -0.3 is 37.9 Å². The van der Waals surface area contributed by atoms with E-state index in [1.165, 1.54) is 52.2 Å². The Kier molecular flexibility index (Phi) is 18.1. The number of aliphatic imine (C=N–C) groups is 1. The van der Waals surface area contributed by atoms with Gasteiger partial charge in [-0.3, -0.25) is 38.9 Å². The predicted octanol–water partition coefficient (Wildman–Crippen LogP) is 1.54. The molecule has 1 fully saturated rings. The Hall–Kier alpha value is -6.59. The summed E-state index contributed by atoms with van der Waals surface area (Å²) in [7, 11) is 0. The number of hydrogen-bond acceptors (Lipinski definition) is 21. The highest BCUT2D eigenvalue weighted by Crippen LogP contribution is 2.29. The van der Waals surface area contributed by atoms with Gasteiger partial charge in [0.05, 0.1) is 11.2 Å². The molecule has 1 aromatic heterocycles. The smallest absolute Gasteiger partial charge is 0.347 e. The van der Waals surface area contributed by atoms with Crippen molar-refractivity contribution in [3.63, 3.8) is 0 Å². The fourth-order valence-electron chi connectivity index (χ4n) is 5.23. The molecule has 1 aliphatic heterocycles. The van der Waals surface area contributed by atoms with Crippen LogP contribution in [0.2, 0.25) is 0 Å². The van der Waals surface area contributed by atoms with Crippen LogP contribution in [0.1, 0.15) is 69.2 Å². The van der Waals surface area contributed by atoms with Crippen molar-refractivity contribution >= 4 is 98.2 Å². The summed E-state index contributed by atoms with van der Waals surface area (Å²) in [6.45, 7) is 11.3. The summed E-state index contributed by atoms with van der Waals surface area (Å²) in [5.41, 5.74) is 1.06. The summed E-state index contributed by atoms with van der Waals surface area (Å²) in [6.07, 6.45) is -9.13. The quantitative estimate of drug-likeness (QED) is 0.160. The average molecular weight is 953 g/mol. The molecule has 1 aromatic carbocycles. The summed E-state index contributed by atoms with van der Waals surface area (Å²) in [5, 5.41) is 0. The zero-order chi connectivity index (χ0) is 47.5. The van der Waals surface area contributed by atoms with Gasteiger partial charge in [0.2, 0.25) is 5.96 Å². The van der Waals surface area contributed by atoms with Gasteiger partial charge in [-0.15, -0.1) is 0 Å². The van der Waals surface area contributed by atoms with Crippen LogP contribution in [0.5, 0.6) is 0 Å². The van der Waals surface area contributed by atoms with Crippen LogP contribution in [0.15, 0.2) is 34.0 Å². The number of benzene rings is 1. The molecule has 0 N–H and O–H groups in total. The van der Waals surface area contributed by atoms with Crippen LogP contribution >= 0.6 is 15.9 Å². The third kappa shape index (κ3) is 14.2. The van der Waals surface area contributed by atoms with E-state index in [4.69, 9.17) is 37.9 Å². The molecule has 2 amide bonds. The topological polar surface area (TPSA) is 289 Å². The Morgan fingerprint density at radius 3 is 1.17 bits per heavy atom. The second-order valence-corrected chi connectivity index (χ2v) is 14.6. The number of fused-ring (bicyclic) bond motifs is 1. The molecule has 2 heterocycles. The lowest BCUT2D eigenvalue weighted by Crippen LogP contribution is -2.48. The van der Waals surface area contributed by atoms with Gasteiger partial charge in [-0.2, -0.15) is 0 Å². The second-order valence-electron chi connectivity index (χ2n) is 13.7. The molecule has 0 aliphatic carbocycles. The largest absolute Gasteiger partial charge is 0.451 e. The van der Waals surface area contributed by atoms with E-state index in [0.29, 0.717) is 15.5 Å². The molecule has 1 saturated heterocycles. The Labute approximate surface area is 368 Å². The minimum atomic E-state index is -1.60. The van der Waals surface area contributed by atoms with Crippen LogP contribution < -0.4 is 0 Å². The Balaban J connectivity index is 1.77. The van der Waals surface area contributed by atoms with Crippen LogP contribution in [-0.2, 0) is 85.8 Å². The molecule has 0 saturated carbocycles. The van der Waals surface area contributed by atoms with Crippen LogP contribution in [-0.4, -0.2) is 147 Å². The number of aromatic nitrogens is 2. The molecule has 24 heteroatoms. The number of amides is 2. The van der Waals surface area contributed by atoms with E-state index in [2.05, 4.69) is 30.9 Å². The number of rotatable bonds is 17. The molecule has 0 spiro atoms. The number of guanidine groups is 1. The highest BCUT2D eigenvalue weighted by atomic mass is 79.9. The molecule has 3 rings (SSSR count). The summed E-state index contributed by atoms with van der Waals surface area (Å²) < 4.78 is 40.5. The second kappa shape index (κ2) is 22.5. The van der Waals surface area contributed by atoms with Crippen molar-refractivity contribution in [1.82, 2.24) is 19.8 Å². The number of hydrogen-bond donors (Lipinski definition) is 0. The predicted molar refractivity (Wildman–Crippen MR) is 214 cm³/mol. The molecule has 0 bridgehead atoms. The first-order valence-electron chi connectivity index (χ1n) is 19.1. The summed E-state index contributed by atoms with van der Waals surface area (Å²) >= 11 is 3.41. The maximum Gasteiger partial charge on any atom is 0.347 e. The van der Waals surface area contributed by atoms with E-state index in [1.807, 2.05) is 0 Å². The van der Waals surface area contributed by atoms with Crippen molar-refractivity contribution in [3.05, 3.63) is 29.0 Å². The lowest BCUT2D eigenvalue weighted by Gasteiger charge is -2.26. The summed E-state index contributed by atoms with van der Waals surface area (Å²) in [4.78, 5) is 141. The third-order valence-electron chi connectivity index (χ3n) is 8.43. The van der Waals surface area contributed by atoms with Gasteiger partial charge >= 0.3 is 47.8 Å². The molecule has 8 atom stereocenters. The molecule has 8 unspecified atom stereocenters. The summed E-state index contributed by atoms with van der Waals surface area (Å²) in [6, 6.07) is 3.06. The van der Waals surface area contributed by atoms with Crippen molar-refractivity contribution in [3.8, 4) is 0 Å². The molecular formula is C39H46BrN5O18. The number of esters is 8. The average Bonchev–Trinajstić information content (AvgIpc) is 3.61. The first kappa shape index (κ1) is 50.8. The van der Waals surface area contributed by atoms with E-state index >= 15 is 0 Å². The minimum absolute atomic E-state index is 0.187. The van der Waals surface area contributed by atoms with Crippen LogP contribution in [0, 0.1) is 0 Å². The zero-order valence-corrected chi connectivity index (χ0v) is 37.4. The standard InChI is InChI=1S/C39H46BrN5O18/c1-17(58-35(52)21(5)62-37(54)23(7)60-33(50)19(3)56-25(9)46)31(48)44-13-14-45(39(44)43-27-15-28(40)30-29(16-27)41-11-12-42-30)32(49)18(2)59-36(53)22(6)63-38(55)24(8)61-34(51)20(4)57-26(10)47/h11-12,15-24H,13-14H2,1-10H3. The number of carbonyl (C=O) groups excluding carboxylic acids is 10. The SMILES string of the molecule is CC(=O)OC(C)C(=O)OC(C)C(=O)OC(C)C(=O)OC(C)C(=O)N1CCN(C(=O)C(C)OC(=O)C(C)OC(=O)C(C)OC(=O)C(C)OC(C)=O)C1=Nc1cc(Br)c2nccnc2c1. The summed E-state index contributed by atoms with van der Waals surface area (Å²) in [5.74, 6) is -10.3. The van der Waals surface area contributed by atoms with Crippen LogP contribution in [0.4, 0.5) is 5.69 Å². The van der Waals surface area contributed by atoms with Crippen LogP contribution in [0.3, 0.4) is 0 Å². The number of nitrogens with zero attached hydrogens (tertiary/aromatic N) is 5. The molecular weight excluding hydrogens is 906 g/mol. The molecule has 342 valence electrons. The Bertz CT molecular complexity index is 2060. The Morgan fingerprint density at radius 1 is 0.508 bits per heavy atom. The first-order chi connectivity index (χ1) is 29.4. The maximum atomic E-state index is 13.9. The number of carbonyl (C=O) groups is 10. The van der Waals surface area contributed by atoms with E-state index in [9.17, 15) is 47.9 Å². The molecule has 23 nitrogen and oxygen atoms in total.